The number of aromatic amines is 1. The van der Waals surface area contributed by atoms with E-state index in [1.165, 1.54) is 0 Å². The number of hydrogen-bond donors (Lipinski definition) is 2. The van der Waals surface area contributed by atoms with Crippen LogP contribution in [0.3, 0.4) is 0 Å². The van der Waals surface area contributed by atoms with Crippen LogP contribution in [0, 0.1) is 6.92 Å². The summed E-state index contributed by atoms with van der Waals surface area (Å²) in [5.74, 6) is -0.0705. The molecule has 2 heterocycles. The maximum absolute atomic E-state index is 12.1. The molecule has 3 rings (SSSR count). The Morgan fingerprint density at radius 2 is 2.23 bits per heavy atom. The smallest absolute Gasteiger partial charge is 0.226 e. The predicted molar refractivity (Wildman–Crippen MR) is 82.3 cm³/mol. The van der Waals surface area contributed by atoms with Crippen LogP contribution in [0.1, 0.15) is 24.0 Å². The van der Waals surface area contributed by atoms with E-state index in [0.29, 0.717) is 17.7 Å². The van der Waals surface area contributed by atoms with Gasteiger partial charge in [0.15, 0.2) is 5.58 Å². The number of aromatic nitrogens is 3. The van der Waals surface area contributed by atoms with Gasteiger partial charge in [0.2, 0.25) is 5.91 Å². The molecule has 114 valence electrons. The van der Waals surface area contributed by atoms with Gasteiger partial charge in [-0.1, -0.05) is 17.3 Å². The first kappa shape index (κ1) is 14.3. The molecule has 2 aromatic heterocycles. The minimum atomic E-state index is -0.0705. The molecule has 1 amide bonds. The fourth-order valence-corrected chi connectivity index (χ4v) is 2.49. The van der Waals surface area contributed by atoms with E-state index in [-0.39, 0.29) is 18.4 Å². The molecule has 0 saturated heterocycles. The van der Waals surface area contributed by atoms with Crippen molar-refractivity contribution in [2.45, 2.75) is 32.7 Å². The lowest BCUT2D eigenvalue weighted by molar-refractivity contribution is -0.121. The molecule has 0 aliphatic rings. The molecule has 0 saturated carbocycles. The van der Waals surface area contributed by atoms with Gasteiger partial charge in [-0.3, -0.25) is 9.89 Å². The highest BCUT2D eigenvalue weighted by Crippen LogP contribution is 2.18. The largest absolute Gasteiger partial charge is 0.356 e. The first-order chi connectivity index (χ1) is 10.6. The lowest BCUT2D eigenvalue weighted by atomic mass is 10.1. The van der Waals surface area contributed by atoms with Crippen molar-refractivity contribution in [2.24, 2.45) is 0 Å². The number of benzene rings is 1. The Morgan fingerprint density at radius 1 is 1.41 bits per heavy atom. The van der Waals surface area contributed by atoms with Gasteiger partial charge in [0.25, 0.3) is 0 Å². The number of amides is 1. The highest BCUT2D eigenvalue weighted by Gasteiger charge is 2.14. The average molecular weight is 298 g/mol. The second-order valence-electron chi connectivity index (χ2n) is 5.52. The lowest BCUT2D eigenvalue weighted by Gasteiger charge is -2.11. The van der Waals surface area contributed by atoms with Gasteiger partial charge in [0.05, 0.1) is 12.1 Å². The van der Waals surface area contributed by atoms with Crippen LogP contribution < -0.4 is 5.32 Å². The van der Waals surface area contributed by atoms with Crippen LogP contribution in [0.5, 0.6) is 0 Å². The average Bonchev–Trinajstić information content (AvgIpc) is 3.06. The summed E-state index contributed by atoms with van der Waals surface area (Å²) in [5.41, 5.74) is 3.32. The number of carbonyl (C=O) groups excluding carboxylic acids is 1. The summed E-state index contributed by atoms with van der Waals surface area (Å²) in [5, 5.41) is 14.9. The molecule has 2 N–H and O–H groups in total. The topological polar surface area (TPSA) is 83.8 Å². The molecule has 0 radical (unpaired) electrons. The number of para-hydroxylation sites is 1. The summed E-state index contributed by atoms with van der Waals surface area (Å²) in [4.78, 5) is 12.1. The molecule has 0 spiro atoms. The van der Waals surface area contributed by atoms with Crippen LogP contribution >= 0.6 is 0 Å². The Bertz CT molecular complexity index is 790. The monoisotopic (exact) mass is 298 g/mol. The molecule has 0 fully saturated rings. The van der Waals surface area contributed by atoms with Crippen molar-refractivity contribution in [3.63, 3.8) is 0 Å². The Labute approximate surface area is 127 Å². The summed E-state index contributed by atoms with van der Waals surface area (Å²) in [6, 6.07) is 9.52. The van der Waals surface area contributed by atoms with Gasteiger partial charge in [0, 0.05) is 23.5 Å². The molecule has 6 nitrogen and oxygen atoms in total. The molecule has 0 unspecified atom stereocenters. The normalized spacial score (nSPS) is 12.5. The van der Waals surface area contributed by atoms with Crippen molar-refractivity contribution in [3.8, 4) is 0 Å². The molecular weight excluding hydrogens is 280 g/mol. The number of hydrogen-bond acceptors (Lipinski definition) is 4. The third-order valence-electron chi connectivity index (χ3n) is 3.46. The standard InChI is InChI=1S/C16H18N4O2/c1-10(7-12-8-11(2)18-19-12)17-16(21)9-14-13-5-3-4-6-15(13)22-20-14/h3-6,8,10H,7,9H2,1-2H3,(H,17,21)(H,18,19)/t10-/m0/s1. The Kier molecular flexibility index (Phi) is 3.91. The van der Waals surface area contributed by atoms with Crippen molar-refractivity contribution in [2.75, 3.05) is 0 Å². The van der Waals surface area contributed by atoms with Gasteiger partial charge in [-0.15, -0.1) is 0 Å². The molecule has 1 atom stereocenters. The quantitative estimate of drug-likeness (QED) is 0.756. The minimum absolute atomic E-state index is 0.00775. The number of fused-ring (bicyclic) bond motifs is 1. The Hall–Kier alpha value is -2.63. The highest BCUT2D eigenvalue weighted by atomic mass is 16.5. The maximum atomic E-state index is 12.1. The molecule has 1 aromatic carbocycles. The second-order valence-corrected chi connectivity index (χ2v) is 5.52. The summed E-state index contributed by atoms with van der Waals surface area (Å²) in [7, 11) is 0. The summed E-state index contributed by atoms with van der Waals surface area (Å²) in [6.07, 6.45) is 0.899. The van der Waals surface area contributed by atoms with Gasteiger partial charge >= 0.3 is 0 Å². The zero-order chi connectivity index (χ0) is 15.5. The zero-order valence-corrected chi connectivity index (χ0v) is 12.6. The molecule has 22 heavy (non-hydrogen) atoms. The summed E-state index contributed by atoms with van der Waals surface area (Å²) < 4.78 is 5.21. The van der Waals surface area contributed by atoms with Crippen molar-refractivity contribution < 1.29 is 9.32 Å². The van der Waals surface area contributed by atoms with Crippen LogP contribution in [-0.4, -0.2) is 27.3 Å². The number of carbonyl (C=O) groups is 1. The van der Waals surface area contributed by atoms with E-state index >= 15 is 0 Å². The SMILES string of the molecule is Cc1cc(C[C@H](C)NC(=O)Cc2noc3ccccc23)n[nH]1. The van der Waals surface area contributed by atoms with Crippen LogP contribution in [0.2, 0.25) is 0 Å². The van der Waals surface area contributed by atoms with Crippen molar-refractivity contribution >= 4 is 16.9 Å². The van der Waals surface area contributed by atoms with Crippen molar-refractivity contribution in [1.29, 1.82) is 0 Å². The minimum Gasteiger partial charge on any atom is -0.356 e. The van der Waals surface area contributed by atoms with Crippen molar-refractivity contribution in [3.05, 3.63) is 47.4 Å². The first-order valence-corrected chi connectivity index (χ1v) is 7.25. The fraction of sp³-hybridized carbons (Fsp3) is 0.312. The number of aryl methyl sites for hydroxylation is 1. The van der Waals surface area contributed by atoms with E-state index < -0.39 is 0 Å². The fourth-order valence-electron chi connectivity index (χ4n) is 2.49. The van der Waals surface area contributed by atoms with E-state index in [4.69, 9.17) is 4.52 Å². The summed E-state index contributed by atoms with van der Waals surface area (Å²) in [6.45, 7) is 3.91. The molecule has 0 bridgehead atoms. The number of nitrogens with zero attached hydrogens (tertiary/aromatic N) is 2. The third-order valence-corrected chi connectivity index (χ3v) is 3.46. The van der Waals surface area contributed by atoms with Gasteiger partial charge in [-0.2, -0.15) is 5.10 Å². The molecule has 6 heteroatoms. The lowest BCUT2D eigenvalue weighted by Crippen LogP contribution is -2.35. The van der Waals surface area contributed by atoms with Crippen molar-refractivity contribution in [1.82, 2.24) is 20.7 Å². The Balaban J connectivity index is 1.60. The molecule has 0 aliphatic heterocycles. The van der Waals surface area contributed by atoms with Gasteiger partial charge in [-0.25, -0.2) is 0 Å². The van der Waals surface area contributed by atoms with Gasteiger partial charge in [-0.05, 0) is 32.0 Å². The summed E-state index contributed by atoms with van der Waals surface area (Å²) >= 11 is 0. The van der Waals surface area contributed by atoms with Crippen LogP contribution in [0.4, 0.5) is 0 Å². The van der Waals surface area contributed by atoms with E-state index in [1.54, 1.807) is 0 Å². The van der Waals surface area contributed by atoms with E-state index in [0.717, 1.165) is 16.8 Å². The van der Waals surface area contributed by atoms with E-state index in [2.05, 4.69) is 20.7 Å². The van der Waals surface area contributed by atoms with E-state index in [1.807, 2.05) is 44.2 Å². The zero-order valence-electron chi connectivity index (χ0n) is 12.6. The molecular formula is C16H18N4O2. The van der Waals surface area contributed by atoms with Crippen LogP contribution in [0.15, 0.2) is 34.9 Å². The van der Waals surface area contributed by atoms with Crippen LogP contribution in [-0.2, 0) is 17.6 Å². The highest BCUT2D eigenvalue weighted by molar-refractivity contribution is 5.86. The molecule has 3 aromatic rings. The van der Waals surface area contributed by atoms with Gasteiger partial charge < -0.3 is 9.84 Å². The predicted octanol–water partition coefficient (Wildman–Crippen LogP) is 2.15. The third kappa shape index (κ3) is 3.16. The Morgan fingerprint density at radius 3 is 3.00 bits per heavy atom. The van der Waals surface area contributed by atoms with E-state index in [9.17, 15) is 4.79 Å². The first-order valence-electron chi connectivity index (χ1n) is 7.25. The maximum Gasteiger partial charge on any atom is 0.226 e. The van der Waals surface area contributed by atoms with Gasteiger partial charge in [0.1, 0.15) is 5.69 Å². The number of nitrogens with one attached hydrogen (secondary N) is 2. The second kappa shape index (κ2) is 6.01. The number of H-pyrrole nitrogens is 1. The van der Waals surface area contributed by atoms with Crippen LogP contribution in [0.25, 0.3) is 11.0 Å². The number of rotatable bonds is 5. The molecule has 0 aliphatic carbocycles.